The third-order valence-corrected chi connectivity index (χ3v) is 7.65. The molecule has 2 aromatic heterocycles. The second-order valence-electron chi connectivity index (χ2n) is 9.96. The van der Waals surface area contributed by atoms with E-state index < -0.39 is 0 Å². The van der Waals surface area contributed by atoms with Gasteiger partial charge in [0.05, 0.1) is 16.9 Å². The van der Waals surface area contributed by atoms with Crippen molar-refractivity contribution in [3.8, 4) is 0 Å². The van der Waals surface area contributed by atoms with Gasteiger partial charge in [-0.1, -0.05) is 48.9 Å². The van der Waals surface area contributed by atoms with Gasteiger partial charge in [0.1, 0.15) is 16.5 Å². The summed E-state index contributed by atoms with van der Waals surface area (Å²) in [5, 5.41) is 7.01. The minimum Gasteiger partial charge on any atom is -0.368 e. The Morgan fingerprint density at radius 2 is 1.77 bits per heavy atom. The molecule has 0 unspecified atom stereocenters. The number of halogens is 2. The molecule has 0 spiro atoms. The van der Waals surface area contributed by atoms with Crippen LogP contribution in [0, 0.1) is 18.7 Å². The highest BCUT2D eigenvalue weighted by molar-refractivity contribution is 7.17. The van der Waals surface area contributed by atoms with Crippen LogP contribution in [0.3, 0.4) is 0 Å². The minimum absolute atomic E-state index is 0.242. The van der Waals surface area contributed by atoms with Crippen molar-refractivity contribution in [3.05, 3.63) is 75.8 Å². The number of rotatable bonds is 8. The number of anilines is 5. The lowest BCUT2D eigenvalue weighted by molar-refractivity contribution is 0.103. The fraction of sp³-hybridized carbons (Fsp3) is 0.321. The summed E-state index contributed by atoms with van der Waals surface area (Å²) in [5.41, 5.74) is 2.45. The van der Waals surface area contributed by atoms with Crippen molar-refractivity contribution < 1.29 is 9.18 Å². The van der Waals surface area contributed by atoms with E-state index >= 15 is 0 Å². The molecule has 0 aliphatic carbocycles. The molecule has 208 valence electrons. The van der Waals surface area contributed by atoms with Crippen LogP contribution in [-0.4, -0.2) is 52.0 Å². The molecule has 1 aliphatic rings. The van der Waals surface area contributed by atoms with Crippen LogP contribution in [0.2, 0.25) is 5.02 Å². The van der Waals surface area contributed by atoms with Crippen LogP contribution in [0.1, 0.15) is 34.9 Å². The van der Waals surface area contributed by atoms with Gasteiger partial charge in [-0.05, 0) is 48.7 Å². The highest BCUT2D eigenvalue weighted by Crippen LogP contribution is 2.28. The lowest BCUT2D eigenvalue weighted by atomic mass is 10.1. The third-order valence-electron chi connectivity index (χ3n) is 6.42. The number of carbonyl (C=O) groups excluding carboxylic acids is 1. The molecule has 1 aliphatic heterocycles. The first-order valence-corrected chi connectivity index (χ1v) is 14.2. The van der Waals surface area contributed by atoms with Gasteiger partial charge in [0.15, 0.2) is 5.13 Å². The van der Waals surface area contributed by atoms with Gasteiger partial charge >= 0.3 is 0 Å². The zero-order chi connectivity index (χ0) is 28.2. The van der Waals surface area contributed by atoms with Crippen molar-refractivity contribution in [1.82, 2.24) is 19.9 Å². The number of aryl methyl sites for hydroxylation is 1. The molecule has 1 fully saturated rings. The van der Waals surface area contributed by atoms with Crippen LogP contribution in [0.15, 0.2) is 48.7 Å². The second kappa shape index (κ2) is 12.1. The summed E-state index contributed by atoms with van der Waals surface area (Å²) in [4.78, 5) is 36.1. The van der Waals surface area contributed by atoms with Crippen molar-refractivity contribution in [3.63, 3.8) is 0 Å². The van der Waals surface area contributed by atoms with E-state index in [9.17, 15) is 9.18 Å². The molecule has 3 heterocycles. The van der Waals surface area contributed by atoms with Crippen LogP contribution >= 0.6 is 22.9 Å². The van der Waals surface area contributed by atoms with Crippen LogP contribution in [0.4, 0.5) is 32.8 Å². The third kappa shape index (κ3) is 6.65. The summed E-state index contributed by atoms with van der Waals surface area (Å²) in [6.45, 7) is 9.06. The van der Waals surface area contributed by atoms with Gasteiger partial charge in [-0.3, -0.25) is 10.1 Å². The number of thiazole rings is 1. The highest BCUT2D eigenvalue weighted by Gasteiger charge is 2.22. The molecule has 5 rings (SSSR count). The highest BCUT2D eigenvalue weighted by atomic mass is 35.5. The average molecular weight is 581 g/mol. The Bertz CT molecular complexity index is 1470. The number of hydrogen-bond donors (Lipinski definition) is 2. The number of piperazine rings is 1. The summed E-state index contributed by atoms with van der Waals surface area (Å²) in [6.07, 6.45) is 2.21. The molecule has 0 radical (unpaired) electrons. The van der Waals surface area contributed by atoms with E-state index in [1.165, 1.54) is 29.7 Å². The molecule has 40 heavy (non-hydrogen) atoms. The first-order chi connectivity index (χ1) is 19.2. The minimum atomic E-state index is -0.294. The fourth-order valence-electron chi connectivity index (χ4n) is 4.38. The van der Waals surface area contributed by atoms with E-state index in [1.54, 1.807) is 18.2 Å². The Morgan fingerprint density at radius 3 is 2.48 bits per heavy atom. The van der Waals surface area contributed by atoms with E-state index in [0.717, 1.165) is 24.3 Å². The zero-order valence-electron chi connectivity index (χ0n) is 22.5. The monoisotopic (exact) mass is 580 g/mol. The summed E-state index contributed by atoms with van der Waals surface area (Å²) in [7, 11) is 0. The van der Waals surface area contributed by atoms with Gasteiger partial charge in [0.25, 0.3) is 5.91 Å². The zero-order valence-corrected chi connectivity index (χ0v) is 24.1. The predicted octanol–water partition coefficient (Wildman–Crippen LogP) is 5.95. The van der Waals surface area contributed by atoms with Crippen LogP contribution in [0.25, 0.3) is 0 Å². The maximum atomic E-state index is 13.3. The van der Waals surface area contributed by atoms with Crippen molar-refractivity contribution in [2.24, 2.45) is 5.92 Å². The number of hydrogen-bond acceptors (Lipinski definition) is 9. The van der Waals surface area contributed by atoms with E-state index in [4.69, 9.17) is 16.6 Å². The van der Waals surface area contributed by atoms with E-state index in [-0.39, 0.29) is 11.7 Å². The SMILES string of the molecule is Cc1cccc(Cl)c1NC(=O)c1cnc(Nc2nc(CC(C)C)nc(N3CCN(c4ccc(F)cc4)CC3)n2)s1. The van der Waals surface area contributed by atoms with Crippen LogP contribution in [-0.2, 0) is 6.42 Å². The van der Waals surface area contributed by atoms with Crippen molar-refractivity contribution in [2.75, 3.05) is 46.6 Å². The van der Waals surface area contributed by atoms with Crippen molar-refractivity contribution in [1.29, 1.82) is 0 Å². The number of benzene rings is 2. The predicted molar refractivity (Wildman–Crippen MR) is 159 cm³/mol. The molecule has 0 atom stereocenters. The molecular formula is C28H30ClFN8OS. The summed E-state index contributed by atoms with van der Waals surface area (Å²) < 4.78 is 13.3. The number of nitrogens with one attached hydrogen (secondary N) is 2. The summed E-state index contributed by atoms with van der Waals surface area (Å²) in [5.74, 6) is 1.49. The van der Waals surface area contributed by atoms with E-state index in [2.05, 4.69) is 49.2 Å². The number of para-hydroxylation sites is 1. The second-order valence-corrected chi connectivity index (χ2v) is 11.4. The van der Waals surface area contributed by atoms with Crippen molar-refractivity contribution in [2.45, 2.75) is 27.2 Å². The molecule has 0 bridgehead atoms. The van der Waals surface area contributed by atoms with Gasteiger partial charge in [0, 0.05) is 38.3 Å². The molecule has 2 aromatic carbocycles. The summed E-state index contributed by atoms with van der Waals surface area (Å²) >= 11 is 7.47. The largest absolute Gasteiger partial charge is 0.368 e. The number of carbonyl (C=O) groups is 1. The van der Waals surface area contributed by atoms with E-state index in [1.807, 2.05) is 19.1 Å². The number of aromatic nitrogens is 4. The lowest BCUT2D eigenvalue weighted by Gasteiger charge is -2.36. The Morgan fingerprint density at radius 1 is 1.05 bits per heavy atom. The van der Waals surface area contributed by atoms with Gasteiger partial charge < -0.3 is 15.1 Å². The first-order valence-electron chi connectivity index (χ1n) is 13.0. The molecule has 1 amide bonds. The number of amides is 1. The van der Waals surface area contributed by atoms with Crippen molar-refractivity contribution >= 4 is 57.2 Å². The molecule has 9 nitrogen and oxygen atoms in total. The smallest absolute Gasteiger partial charge is 0.267 e. The standard InChI is InChI=1S/C28H30ClFN8OS/c1-17(2)15-23-32-26(35-27(33-23)38-13-11-37(12-14-38)20-9-7-19(30)8-10-20)36-28-31-16-22(40-28)25(39)34-24-18(3)5-4-6-21(24)29/h4-10,16-17H,11-15H2,1-3H3,(H,34,39)(H,31,32,33,35,36). The molecule has 0 saturated carbocycles. The molecule has 1 saturated heterocycles. The Labute approximate surface area is 241 Å². The Hall–Kier alpha value is -3.83. The maximum absolute atomic E-state index is 13.3. The normalized spacial score (nSPS) is 13.6. The molecule has 12 heteroatoms. The topological polar surface area (TPSA) is 99.2 Å². The maximum Gasteiger partial charge on any atom is 0.267 e. The quantitative estimate of drug-likeness (QED) is 0.264. The number of nitrogens with zero attached hydrogens (tertiary/aromatic N) is 6. The van der Waals surface area contributed by atoms with Gasteiger partial charge in [0.2, 0.25) is 11.9 Å². The Balaban J connectivity index is 1.30. The molecule has 2 N–H and O–H groups in total. The molecule has 4 aromatic rings. The van der Waals surface area contributed by atoms with Crippen LogP contribution in [0.5, 0.6) is 0 Å². The van der Waals surface area contributed by atoms with Crippen LogP contribution < -0.4 is 20.4 Å². The van der Waals surface area contributed by atoms with Gasteiger partial charge in [-0.2, -0.15) is 15.0 Å². The average Bonchev–Trinajstić information content (AvgIpc) is 3.39. The fourth-order valence-corrected chi connectivity index (χ4v) is 5.35. The van der Waals surface area contributed by atoms with Gasteiger partial charge in [-0.15, -0.1) is 0 Å². The lowest BCUT2D eigenvalue weighted by Crippen LogP contribution is -2.47. The van der Waals surface area contributed by atoms with E-state index in [0.29, 0.717) is 63.9 Å². The summed E-state index contributed by atoms with van der Waals surface area (Å²) in [6, 6.07) is 12.0. The first kappa shape index (κ1) is 27.7. The molecular weight excluding hydrogens is 551 g/mol. The Kier molecular flexibility index (Phi) is 8.41. The van der Waals surface area contributed by atoms with Gasteiger partial charge in [-0.25, -0.2) is 9.37 Å².